The number of nitrogens with zero attached hydrogens (tertiary/aromatic N) is 3. The molecule has 27 heavy (non-hydrogen) atoms. The molecule has 0 fully saturated rings. The molecule has 2 rings (SSSR count). The van der Waals surface area contributed by atoms with Crippen LogP contribution >= 0.6 is 11.6 Å². The van der Waals surface area contributed by atoms with Crippen LogP contribution in [-0.2, 0) is 4.79 Å². The highest BCUT2D eigenvalue weighted by molar-refractivity contribution is 6.31. The summed E-state index contributed by atoms with van der Waals surface area (Å²) in [5, 5.41) is 3.67. The van der Waals surface area contributed by atoms with Crippen LogP contribution in [0.3, 0.4) is 0 Å². The normalized spacial score (nSPS) is 16.2. The summed E-state index contributed by atoms with van der Waals surface area (Å²) in [5.41, 5.74) is 15.9. The Hall–Kier alpha value is -2.80. The van der Waals surface area contributed by atoms with Crippen LogP contribution in [0.5, 0.6) is 0 Å². The molecule has 5 N–H and O–H groups in total. The lowest BCUT2D eigenvalue weighted by Crippen LogP contribution is -2.40. The minimum absolute atomic E-state index is 0.0112. The van der Waals surface area contributed by atoms with Gasteiger partial charge < -0.3 is 21.7 Å². The van der Waals surface area contributed by atoms with E-state index in [-0.39, 0.29) is 5.91 Å². The number of rotatable bonds is 5. The van der Waals surface area contributed by atoms with Crippen molar-refractivity contribution >= 4 is 40.8 Å². The SMILES string of the molecule is CN=CC(=CN)c1cc(Cl)cc(N=C(N)C2=C(NC)CCN(C(C)=O)C2)c1. The first-order chi connectivity index (χ1) is 12.9. The third-order valence-electron chi connectivity index (χ3n) is 4.31. The van der Waals surface area contributed by atoms with Gasteiger partial charge in [-0.2, -0.15) is 0 Å². The van der Waals surface area contributed by atoms with Gasteiger partial charge in [0.15, 0.2) is 0 Å². The summed E-state index contributed by atoms with van der Waals surface area (Å²) < 4.78 is 0. The number of halogens is 1. The van der Waals surface area contributed by atoms with Gasteiger partial charge in [0.1, 0.15) is 5.84 Å². The summed E-state index contributed by atoms with van der Waals surface area (Å²) in [6.07, 6.45) is 3.81. The summed E-state index contributed by atoms with van der Waals surface area (Å²) in [7, 11) is 3.51. The number of carbonyl (C=O) groups excluding carboxylic acids is 1. The molecule has 0 aromatic heterocycles. The number of nitrogens with one attached hydrogen (secondary N) is 1. The minimum atomic E-state index is 0.0112. The topological polar surface area (TPSA) is 109 Å². The maximum Gasteiger partial charge on any atom is 0.219 e. The molecule has 144 valence electrons. The quantitative estimate of drug-likeness (QED) is 0.529. The molecular weight excluding hydrogens is 364 g/mol. The lowest BCUT2D eigenvalue weighted by molar-refractivity contribution is -0.128. The van der Waals surface area contributed by atoms with Crippen LogP contribution in [0, 0.1) is 0 Å². The summed E-state index contributed by atoms with van der Waals surface area (Å²) in [6, 6.07) is 5.35. The molecule has 0 atom stereocenters. The average Bonchev–Trinajstić information content (AvgIpc) is 2.64. The van der Waals surface area contributed by atoms with Gasteiger partial charge in [-0.05, 0) is 23.8 Å². The van der Waals surface area contributed by atoms with E-state index in [4.69, 9.17) is 23.1 Å². The van der Waals surface area contributed by atoms with Crippen LogP contribution in [-0.4, -0.2) is 50.0 Å². The Kier molecular flexibility index (Phi) is 7.01. The van der Waals surface area contributed by atoms with Gasteiger partial charge in [0, 0.05) is 68.3 Å². The number of amidine groups is 1. The Bertz CT molecular complexity index is 841. The maximum absolute atomic E-state index is 11.7. The molecule has 0 aliphatic carbocycles. The first-order valence-corrected chi connectivity index (χ1v) is 8.92. The minimum Gasteiger partial charge on any atom is -0.404 e. The Labute approximate surface area is 164 Å². The van der Waals surface area contributed by atoms with Gasteiger partial charge in [0.2, 0.25) is 5.91 Å². The highest BCUT2D eigenvalue weighted by atomic mass is 35.5. The largest absolute Gasteiger partial charge is 0.404 e. The zero-order chi connectivity index (χ0) is 20.0. The number of allylic oxidation sites excluding steroid dienone is 1. The number of carbonyl (C=O) groups is 1. The molecular formula is C19H25ClN6O. The number of hydrogen-bond donors (Lipinski definition) is 3. The molecule has 8 heteroatoms. The molecule has 1 amide bonds. The summed E-state index contributed by atoms with van der Waals surface area (Å²) >= 11 is 6.24. The van der Waals surface area contributed by atoms with Gasteiger partial charge in [0.25, 0.3) is 0 Å². The van der Waals surface area contributed by atoms with Crippen molar-refractivity contribution < 1.29 is 4.79 Å². The number of aliphatic imine (C=N–C) groups is 2. The fourth-order valence-electron chi connectivity index (χ4n) is 2.91. The van der Waals surface area contributed by atoms with Crippen molar-refractivity contribution in [3.05, 3.63) is 46.3 Å². The van der Waals surface area contributed by atoms with Crippen LogP contribution in [0.4, 0.5) is 5.69 Å². The highest BCUT2D eigenvalue weighted by Gasteiger charge is 2.22. The zero-order valence-electron chi connectivity index (χ0n) is 15.8. The van der Waals surface area contributed by atoms with Crippen molar-refractivity contribution in [1.29, 1.82) is 0 Å². The monoisotopic (exact) mass is 388 g/mol. The lowest BCUT2D eigenvalue weighted by atomic mass is 10.0. The molecule has 1 heterocycles. The molecule has 0 radical (unpaired) electrons. The smallest absolute Gasteiger partial charge is 0.219 e. The Balaban J connectivity index is 2.43. The second-order valence-electron chi connectivity index (χ2n) is 6.10. The van der Waals surface area contributed by atoms with Gasteiger partial charge in [-0.3, -0.25) is 9.79 Å². The maximum atomic E-state index is 11.7. The van der Waals surface area contributed by atoms with Gasteiger partial charge in [-0.15, -0.1) is 0 Å². The van der Waals surface area contributed by atoms with Crippen LogP contribution in [0.15, 0.2) is 45.7 Å². The Morgan fingerprint density at radius 1 is 1.37 bits per heavy atom. The van der Waals surface area contributed by atoms with Crippen molar-refractivity contribution in [2.45, 2.75) is 13.3 Å². The van der Waals surface area contributed by atoms with E-state index in [0.29, 0.717) is 36.1 Å². The fourth-order valence-corrected chi connectivity index (χ4v) is 3.14. The van der Waals surface area contributed by atoms with Crippen molar-refractivity contribution in [1.82, 2.24) is 10.2 Å². The lowest BCUT2D eigenvalue weighted by Gasteiger charge is -2.29. The molecule has 1 aromatic rings. The second kappa shape index (κ2) is 9.23. The third kappa shape index (κ3) is 5.10. The number of benzene rings is 1. The van der Waals surface area contributed by atoms with Crippen molar-refractivity contribution in [2.75, 3.05) is 27.2 Å². The molecule has 0 saturated carbocycles. The van der Waals surface area contributed by atoms with E-state index in [2.05, 4.69) is 15.3 Å². The van der Waals surface area contributed by atoms with E-state index in [9.17, 15) is 4.79 Å². The van der Waals surface area contributed by atoms with Crippen molar-refractivity contribution in [3.63, 3.8) is 0 Å². The standard InChI is InChI=1S/C19H25ClN6O/c1-12(27)26-5-4-18(24-3)17(11-26)19(22)25-16-7-13(6-15(20)8-16)14(9-21)10-23-2/h6-10,24H,4-5,11,21H2,1-3H3,(H2,22,25). The van der Waals surface area contributed by atoms with Crippen LogP contribution in [0.2, 0.25) is 5.02 Å². The molecule has 1 aliphatic heterocycles. The number of hydrogen-bond acceptors (Lipinski definition) is 5. The molecule has 0 bridgehead atoms. The first kappa shape index (κ1) is 20.5. The number of amides is 1. The van der Waals surface area contributed by atoms with Crippen LogP contribution < -0.4 is 16.8 Å². The van der Waals surface area contributed by atoms with E-state index in [1.807, 2.05) is 13.1 Å². The predicted octanol–water partition coefficient (Wildman–Crippen LogP) is 2.05. The van der Waals surface area contributed by atoms with E-state index >= 15 is 0 Å². The molecule has 1 aromatic carbocycles. The van der Waals surface area contributed by atoms with E-state index in [1.165, 1.54) is 6.20 Å². The van der Waals surface area contributed by atoms with E-state index in [0.717, 1.165) is 22.4 Å². The molecule has 0 unspecified atom stereocenters. The van der Waals surface area contributed by atoms with Gasteiger partial charge in [-0.1, -0.05) is 11.6 Å². The van der Waals surface area contributed by atoms with Gasteiger partial charge >= 0.3 is 0 Å². The molecule has 0 saturated heterocycles. The summed E-state index contributed by atoms with van der Waals surface area (Å²) in [6.45, 7) is 2.63. The summed E-state index contributed by atoms with van der Waals surface area (Å²) in [5.74, 6) is 0.359. The Morgan fingerprint density at radius 2 is 2.11 bits per heavy atom. The van der Waals surface area contributed by atoms with Crippen LogP contribution in [0.1, 0.15) is 18.9 Å². The van der Waals surface area contributed by atoms with Crippen molar-refractivity contribution in [2.24, 2.45) is 21.5 Å². The Morgan fingerprint density at radius 3 is 2.70 bits per heavy atom. The second-order valence-corrected chi connectivity index (χ2v) is 6.54. The van der Waals surface area contributed by atoms with Crippen LogP contribution in [0.25, 0.3) is 5.57 Å². The summed E-state index contributed by atoms with van der Waals surface area (Å²) in [4.78, 5) is 22.0. The van der Waals surface area contributed by atoms with Gasteiger partial charge in [0.05, 0.1) is 12.2 Å². The molecule has 7 nitrogen and oxygen atoms in total. The predicted molar refractivity (Wildman–Crippen MR) is 112 cm³/mol. The third-order valence-corrected chi connectivity index (χ3v) is 4.53. The van der Waals surface area contributed by atoms with Crippen molar-refractivity contribution in [3.8, 4) is 0 Å². The van der Waals surface area contributed by atoms with E-state index < -0.39 is 0 Å². The highest BCUT2D eigenvalue weighted by Crippen LogP contribution is 2.26. The molecule has 1 aliphatic rings. The molecule has 0 spiro atoms. The number of nitrogens with two attached hydrogens (primary N) is 2. The fraction of sp³-hybridized carbons (Fsp3) is 0.316. The van der Waals surface area contributed by atoms with Gasteiger partial charge in [-0.25, -0.2) is 4.99 Å². The average molecular weight is 389 g/mol. The zero-order valence-corrected chi connectivity index (χ0v) is 16.5. The first-order valence-electron chi connectivity index (χ1n) is 8.54. The van der Waals surface area contributed by atoms with E-state index in [1.54, 1.807) is 37.2 Å².